The van der Waals surface area contributed by atoms with Gasteiger partial charge in [-0.05, 0) is 24.3 Å². The highest BCUT2D eigenvalue weighted by Gasteiger charge is 2.31. The first kappa shape index (κ1) is 22.8. The number of carbonyl (C=O) groups is 1. The van der Waals surface area contributed by atoms with Crippen molar-refractivity contribution in [3.8, 4) is 0 Å². The fraction of sp³-hybridized carbons (Fsp3) is 0.250. The minimum atomic E-state index is -4.53. The predicted octanol–water partition coefficient (Wildman–Crippen LogP) is 4.33. The lowest BCUT2D eigenvalue weighted by atomic mass is 10.2. The lowest BCUT2D eigenvalue weighted by Gasteiger charge is -2.10. The van der Waals surface area contributed by atoms with Crippen LogP contribution >= 0.6 is 35.0 Å². The Morgan fingerprint density at radius 2 is 1.89 bits per heavy atom. The van der Waals surface area contributed by atoms with Crippen molar-refractivity contribution in [3.05, 3.63) is 51.6 Å². The van der Waals surface area contributed by atoms with Gasteiger partial charge in [0.2, 0.25) is 0 Å². The molecule has 0 saturated carbocycles. The van der Waals surface area contributed by atoms with Gasteiger partial charge in [-0.2, -0.15) is 13.2 Å². The van der Waals surface area contributed by atoms with Crippen LogP contribution in [0.15, 0.2) is 40.4 Å². The second-order valence-corrected chi connectivity index (χ2v) is 9.44. The molecule has 0 spiro atoms. The number of thioether (sulfide) groups is 1. The molecule has 152 valence electrons. The number of hydrogen-bond acceptors (Lipinski definition) is 5. The standard InChI is InChI=1S/C16H13Cl2F3N2O3S2/c1-28(25,26)10-2-3-12(17)11(7-10)14(24)22-4-5-27-15-13(18)6-9(8-23-15)16(19,20)21/h2-3,6-8H,4-5H2,1H3,(H,22,24). The molecule has 0 radical (unpaired) electrons. The molecule has 1 heterocycles. The third-order valence-corrected chi connectivity index (χ3v) is 6.22. The van der Waals surface area contributed by atoms with E-state index in [1.54, 1.807) is 0 Å². The molecule has 0 aliphatic rings. The molecule has 0 aliphatic heterocycles. The van der Waals surface area contributed by atoms with Gasteiger partial charge in [0, 0.05) is 24.8 Å². The number of alkyl halides is 3. The van der Waals surface area contributed by atoms with E-state index in [0.29, 0.717) is 6.20 Å². The van der Waals surface area contributed by atoms with E-state index < -0.39 is 27.5 Å². The largest absolute Gasteiger partial charge is 0.417 e. The molecule has 0 aliphatic carbocycles. The highest BCUT2D eigenvalue weighted by Crippen LogP contribution is 2.33. The first-order valence-corrected chi connectivity index (χ1v) is 11.2. The predicted molar refractivity (Wildman–Crippen MR) is 102 cm³/mol. The number of halogens is 5. The summed E-state index contributed by atoms with van der Waals surface area (Å²) in [6.07, 6.45) is -2.84. The Labute approximate surface area is 173 Å². The smallest absolute Gasteiger partial charge is 0.351 e. The van der Waals surface area contributed by atoms with Gasteiger partial charge in [-0.25, -0.2) is 13.4 Å². The molecular weight excluding hydrogens is 460 g/mol. The zero-order valence-corrected chi connectivity index (χ0v) is 17.3. The molecule has 1 amide bonds. The Morgan fingerprint density at radius 1 is 1.21 bits per heavy atom. The second kappa shape index (κ2) is 8.89. The number of amides is 1. The fourth-order valence-electron chi connectivity index (χ4n) is 2.00. The van der Waals surface area contributed by atoms with Crippen molar-refractivity contribution >= 4 is 50.7 Å². The average Bonchev–Trinajstić information content (AvgIpc) is 2.58. The van der Waals surface area contributed by atoms with Crippen LogP contribution in [0.3, 0.4) is 0 Å². The summed E-state index contributed by atoms with van der Waals surface area (Å²) >= 11 is 12.8. The molecule has 0 bridgehead atoms. The minimum Gasteiger partial charge on any atom is -0.351 e. The lowest BCUT2D eigenvalue weighted by Crippen LogP contribution is -2.26. The van der Waals surface area contributed by atoms with Crippen LogP contribution in [0.25, 0.3) is 0 Å². The third-order valence-electron chi connectivity index (χ3n) is 3.37. The zero-order chi connectivity index (χ0) is 21.1. The van der Waals surface area contributed by atoms with E-state index in [-0.39, 0.29) is 37.8 Å². The van der Waals surface area contributed by atoms with Crippen molar-refractivity contribution in [3.63, 3.8) is 0 Å². The van der Waals surface area contributed by atoms with Gasteiger partial charge in [0.15, 0.2) is 9.84 Å². The summed E-state index contributed by atoms with van der Waals surface area (Å²) in [5.74, 6) is -0.310. The minimum absolute atomic E-state index is 0.000259. The number of nitrogens with one attached hydrogen (secondary N) is 1. The van der Waals surface area contributed by atoms with Crippen LogP contribution in [0, 0.1) is 0 Å². The van der Waals surface area contributed by atoms with Gasteiger partial charge in [0.05, 0.1) is 26.1 Å². The van der Waals surface area contributed by atoms with Gasteiger partial charge in [-0.3, -0.25) is 4.79 Å². The van der Waals surface area contributed by atoms with E-state index in [1.165, 1.54) is 18.2 Å². The summed E-state index contributed by atoms with van der Waals surface area (Å²) in [4.78, 5) is 15.9. The van der Waals surface area contributed by atoms with Gasteiger partial charge in [-0.15, -0.1) is 11.8 Å². The van der Waals surface area contributed by atoms with Gasteiger partial charge in [0.25, 0.3) is 5.91 Å². The summed E-state index contributed by atoms with van der Waals surface area (Å²) in [6.45, 7) is 0.127. The van der Waals surface area contributed by atoms with Crippen LogP contribution in [-0.2, 0) is 16.0 Å². The van der Waals surface area contributed by atoms with E-state index in [0.717, 1.165) is 24.1 Å². The normalized spacial score (nSPS) is 12.1. The van der Waals surface area contributed by atoms with E-state index >= 15 is 0 Å². The van der Waals surface area contributed by atoms with Crippen molar-refractivity contribution in [2.45, 2.75) is 16.1 Å². The Kier molecular flexibility index (Phi) is 7.24. The molecule has 1 aromatic heterocycles. The number of nitrogens with zero attached hydrogens (tertiary/aromatic N) is 1. The molecule has 5 nitrogen and oxygen atoms in total. The van der Waals surface area contributed by atoms with Crippen molar-refractivity contribution in [2.24, 2.45) is 0 Å². The van der Waals surface area contributed by atoms with Gasteiger partial charge in [-0.1, -0.05) is 23.2 Å². The van der Waals surface area contributed by atoms with Crippen LogP contribution in [0.2, 0.25) is 10.0 Å². The molecule has 2 rings (SSSR count). The lowest BCUT2D eigenvalue weighted by molar-refractivity contribution is -0.137. The van der Waals surface area contributed by atoms with Crippen molar-refractivity contribution in [2.75, 3.05) is 18.6 Å². The van der Waals surface area contributed by atoms with Gasteiger partial charge in [0.1, 0.15) is 5.03 Å². The average molecular weight is 473 g/mol. The Morgan fingerprint density at radius 3 is 2.46 bits per heavy atom. The van der Waals surface area contributed by atoms with Crippen LogP contribution in [-0.4, -0.2) is 37.9 Å². The molecule has 12 heteroatoms. The summed E-state index contributed by atoms with van der Waals surface area (Å²) in [5, 5.41) is 2.69. The number of aromatic nitrogens is 1. The first-order valence-electron chi connectivity index (χ1n) is 7.53. The van der Waals surface area contributed by atoms with Gasteiger partial charge >= 0.3 is 6.18 Å². The van der Waals surface area contributed by atoms with Crippen LogP contribution in [0.5, 0.6) is 0 Å². The number of hydrogen-bond donors (Lipinski definition) is 1. The summed E-state index contributed by atoms with van der Waals surface area (Å²) < 4.78 is 60.9. The molecular formula is C16H13Cl2F3N2O3S2. The van der Waals surface area contributed by atoms with Crippen LogP contribution < -0.4 is 5.32 Å². The molecule has 0 atom stereocenters. The van der Waals surface area contributed by atoms with E-state index in [2.05, 4.69) is 10.3 Å². The summed E-state index contributed by atoms with van der Waals surface area (Å²) in [6, 6.07) is 4.57. The van der Waals surface area contributed by atoms with Crippen LogP contribution in [0.1, 0.15) is 15.9 Å². The molecule has 2 aromatic rings. The Balaban J connectivity index is 1.97. The van der Waals surface area contributed by atoms with Gasteiger partial charge < -0.3 is 5.32 Å². The fourth-order valence-corrected chi connectivity index (χ4v) is 3.91. The number of carbonyl (C=O) groups excluding carboxylic acids is 1. The molecule has 0 fully saturated rings. The zero-order valence-electron chi connectivity index (χ0n) is 14.2. The van der Waals surface area contributed by atoms with Crippen molar-refractivity contribution in [1.29, 1.82) is 0 Å². The molecule has 0 saturated heterocycles. The monoisotopic (exact) mass is 472 g/mol. The van der Waals surface area contributed by atoms with Crippen LogP contribution in [0.4, 0.5) is 13.2 Å². The third kappa shape index (κ3) is 6.00. The highest BCUT2D eigenvalue weighted by atomic mass is 35.5. The molecule has 1 aromatic carbocycles. The highest BCUT2D eigenvalue weighted by molar-refractivity contribution is 7.99. The van der Waals surface area contributed by atoms with E-state index in [4.69, 9.17) is 23.2 Å². The Hall–Kier alpha value is -1.49. The second-order valence-electron chi connectivity index (χ2n) is 5.53. The van der Waals surface area contributed by atoms with Crippen molar-refractivity contribution < 1.29 is 26.4 Å². The maximum absolute atomic E-state index is 12.6. The summed E-state index contributed by atoms with van der Waals surface area (Å²) in [7, 11) is -3.50. The summed E-state index contributed by atoms with van der Waals surface area (Å²) in [5.41, 5.74) is -0.948. The molecule has 28 heavy (non-hydrogen) atoms. The topological polar surface area (TPSA) is 76.1 Å². The number of pyridine rings is 1. The maximum atomic E-state index is 12.6. The number of benzene rings is 1. The van der Waals surface area contributed by atoms with E-state index in [1.807, 2.05) is 0 Å². The number of rotatable bonds is 6. The first-order chi connectivity index (χ1) is 12.9. The Bertz CT molecular complexity index is 999. The SMILES string of the molecule is CS(=O)(=O)c1ccc(Cl)c(C(=O)NCCSc2ncc(C(F)(F)F)cc2Cl)c1. The maximum Gasteiger partial charge on any atom is 0.417 e. The molecule has 1 N–H and O–H groups in total. The van der Waals surface area contributed by atoms with E-state index in [9.17, 15) is 26.4 Å². The van der Waals surface area contributed by atoms with Crippen molar-refractivity contribution in [1.82, 2.24) is 10.3 Å². The molecule has 0 unspecified atom stereocenters. The quantitative estimate of drug-likeness (QED) is 0.499. The number of sulfone groups is 1.